The van der Waals surface area contributed by atoms with Gasteiger partial charge in [-0.3, -0.25) is 4.79 Å². The van der Waals surface area contributed by atoms with E-state index in [2.05, 4.69) is 9.97 Å². The molecular weight excluding hydrogens is 342 g/mol. The van der Waals surface area contributed by atoms with E-state index >= 15 is 0 Å². The van der Waals surface area contributed by atoms with Gasteiger partial charge in [0.25, 0.3) is 5.91 Å². The molecule has 0 radical (unpaired) electrons. The van der Waals surface area contributed by atoms with Crippen molar-refractivity contribution in [2.45, 2.75) is 0 Å². The molecule has 1 aliphatic heterocycles. The molecule has 1 aromatic carbocycles. The van der Waals surface area contributed by atoms with E-state index in [0.29, 0.717) is 54.2 Å². The van der Waals surface area contributed by atoms with Gasteiger partial charge in [-0.1, -0.05) is 11.6 Å². The van der Waals surface area contributed by atoms with E-state index in [4.69, 9.17) is 21.8 Å². The average molecular weight is 358 g/mol. The van der Waals surface area contributed by atoms with Crippen molar-refractivity contribution in [2.75, 3.05) is 36.8 Å². The lowest BCUT2D eigenvalue weighted by Crippen LogP contribution is -2.49. The Hall–Kier alpha value is -2.80. The second-order valence-electron chi connectivity index (χ2n) is 5.83. The van der Waals surface area contributed by atoms with E-state index in [0.717, 1.165) is 5.39 Å². The van der Waals surface area contributed by atoms with Crippen LogP contribution in [-0.2, 0) is 0 Å². The van der Waals surface area contributed by atoms with Crippen LogP contribution < -0.4 is 10.6 Å². The van der Waals surface area contributed by atoms with Crippen LogP contribution >= 0.6 is 11.6 Å². The van der Waals surface area contributed by atoms with Gasteiger partial charge in [0.1, 0.15) is 5.82 Å². The maximum Gasteiger partial charge on any atom is 0.289 e. The van der Waals surface area contributed by atoms with Crippen molar-refractivity contribution in [1.82, 2.24) is 14.9 Å². The number of carbonyl (C=O) groups is 1. The van der Waals surface area contributed by atoms with E-state index < -0.39 is 0 Å². The van der Waals surface area contributed by atoms with Gasteiger partial charge in [-0.05, 0) is 30.3 Å². The number of fused-ring (bicyclic) bond motifs is 1. The zero-order valence-corrected chi connectivity index (χ0v) is 14.1. The number of nitrogens with zero attached hydrogens (tertiary/aromatic N) is 4. The number of anilines is 2. The zero-order chi connectivity index (χ0) is 17.4. The van der Waals surface area contributed by atoms with Gasteiger partial charge in [-0.25, -0.2) is 4.98 Å². The first-order valence-corrected chi connectivity index (χ1v) is 8.30. The lowest BCUT2D eigenvalue weighted by atomic mass is 10.2. The summed E-state index contributed by atoms with van der Waals surface area (Å²) in [6.07, 6.45) is 1.50. The Bertz CT molecular complexity index is 920. The largest absolute Gasteiger partial charge is 0.459 e. The Morgan fingerprint density at radius 1 is 1.16 bits per heavy atom. The first-order valence-electron chi connectivity index (χ1n) is 7.92. The Kier molecular flexibility index (Phi) is 3.93. The third-order valence-corrected chi connectivity index (χ3v) is 4.49. The molecule has 4 rings (SSSR count). The van der Waals surface area contributed by atoms with E-state index in [9.17, 15) is 4.79 Å². The van der Waals surface area contributed by atoms with E-state index in [-0.39, 0.29) is 5.91 Å². The molecule has 0 saturated carbocycles. The summed E-state index contributed by atoms with van der Waals surface area (Å²) in [7, 11) is 0. The number of hydrogen-bond donors (Lipinski definition) is 1. The monoisotopic (exact) mass is 357 g/mol. The van der Waals surface area contributed by atoms with Gasteiger partial charge in [-0.15, -0.1) is 0 Å². The van der Waals surface area contributed by atoms with Gasteiger partial charge >= 0.3 is 0 Å². The fourth-order valence-electron chi connectivity index (χ4n) is 2.92. The number of hydrogen-bond acceptors (Lipinski definition) is 6. The summed E-state index contributed by atoms with van der Waals surface area (Å²) in [6.45, 7) is 2.38. The predicted octanol–water partition coefficient (Wildman–Crippen LogP) is 2.42. The number of piperazine rings is 1. The standard InChI is InChI=1S/C17H16ClN5O2/c18-11-3-4-12-13(10-11)20-17(21-15(12)19)23-7-5-22(6-8-23)16(24)14-2-1-9-25-14/h1-4,9-10H,5-8H2,(H2,19,20,21). The van der Waals surface area contributed by atoms with Gasteiger partial charge in [0.2, 0.25) is 5.95 Å². The first kappa shape index (κ1) is 15.7. The highest BCUT2D eigenvalue weighted by molar-refractivity contribution is 6.31. The third kappa shape index (κ3) is 2.98. The number of nitrogens with two attached hydrogens (primary N) is 1. The predicted molar refractivity (Wildman–Crippen MR) is 95.8 cm³/mol. The smallest absolute Gasteiger partial charge is 0.289 e. The highest BCUT2D eigenvalue weighted by Gasteiger charge is 2.25. The normalized spacial score (nSPS) is 14.9. The molecule has 1 amide bonds. The molecule has 3 aromatic rings. The van der Waals surface area contributed by atoms with Gasteiger partial charge < -0.3 is 20.0 Å². The third-order valence-electron chi connectivity index (χ3n) is 4.26. The van der Waals surface area contributed by atoms with Crippen LogP contribution in [0.25, 0.3) is 10.9 Å². The summed E-state index contributed by atoms with van der Waals surface area (Å²) in [5, 5.41) is 1.38. The van der Waals surface area contributed by atoms with Crippen LogP contribution in [0.4, 0.5) is 11.8 Å². The van der Waals surface area contributed by atoms with Crippen molar-refractivity contribution in [1.29, 1.82) is 0 Å². The molecule has 7 nitrogen and oxygen atoms in total. The summed E-state index contributed by atoms with van der Waals surface area (Å²) >= 11 is 6.04. The zero-order valence-electron chi connectivity index (χ0n) is 13.4. The molecule has 2 aromatic heterocycles. The number of nitrogen functional groups attached to an aromatic ring is 1. The van der Waals surface area contributed by atoms with Gasteiger partial charge in [0, 0.05) is 36.6 Å². The minimum absolute atomic E-state index is 0.102. The van der Waals surface area contributed by atoms with Crippen LogP contribution in [0.5, 0.6) is 0 Å². The van der Waals surface area contributed by atoms with Gasteiger partial charge in [-0.2, -0.15) is 4.98 Å². The topological polar surface area (TPSA) is 88.5 Å². The number of halogens is 1. The first-order chi connectivity index (χ1) is 12.1. The SMILES string of the molecule is Nc1nc(N2CCN(C(=O)c3ccco3)CC2)nc2cc(Cl)ccc12. The molecule has 8 heteroatoms. The van der Waals surface area contributed by atoms with Crippen molar-refractivity contribution < 1.29 is 9.21 Å². The Morgan fingerprint density at radius 2 is 1.96 bits per heavy atom. The van der Waals surface area contributed by atoms with Crippen molar-refractivity contribution in [3.05, 3.63) is 47.4 Å². The summed E-state index contributed by atoms with van der Waals surface area (Å²) in [6, 6.07) is 8.74. The fraction of sp³-hybridized carbons (Fsp3) is 0.235. The molecule has 0 spiro atoms. The summed E-state index contributed by atoms with van der Waals surface area (Å²) in [5.41, 5.74) is 6.77. The van der Waals surface area contributed by atoms with Crippen molar-refractivity contribution >= 4 is 40.2 Å². The summed E-state index contributed by atoms with van der Waals surface area (Å²) < 4.78 is 5.18. The molecule has 0 atom stereocenters. The van der Waals surface area contributed by atoms with Crippen LogP contribution in [0.15, 0.2) is 41.0 Å². The highest BCUT2D eigenvalue weighted by atomic mass is 35.5. The second kappa shape index (κ2) is 6.25. The van der Waals surface area contributed by atoms with Crippen LogP contribution in [0.3, 0.4) is 0 Å². The minimum Gasteiger partial charge on any atom is -0.459 e. The molecule has 3 heterocycles. The van der Waals surface area contributed by atoms with E-state index in [1.54, 1.807) is 29.2 Å². The Morgan fingerprint density at radius 3 is 2.68 bits per heavy atom. The molecule has 2 N–H and O–H groups in total. The molecule has 1 fully saturated rings. The molecule has 0 aliphatic carbocycles. The number of benzene rings is 1. The highest BCUT2D eigenvalue weighted by Crippen LogP contribution is 2.25. The van der Waals surface area contributed by atoms with Crippen molar-refractivity contribution in [2.24, 2.45) is 0 Å². The number of furan rings is 1. The van der Waals surface area contributed by atoms with Crippen LogP contribution in [0.1, 0.15) is 10.6 Å². The van der Waals surface area contributed by atoms with Crippen LogP contribution in [0.2, 0.25) is 5.02 Å². The number of amides is 1. The Balaban J connectivity index is 1.52. The van der Waals surface area contributed by atoms with E-state index in [1.807, 2.05) is 11.0 Å². The second-order valence-corrected chi connectivity index (χ2v) is 6.26. The quantitative estimate of drug-likeness (QED) is 0.757. The van der Waals surface area contributed by atoms with Crippen molar-refractivity contribution in [3.63, 3.8) is 0 Å². The molecule has 0 unspecified atom stereocenters. The number of carbonyl (C=O) groups excluding carboxylic acids is 1. The maximum atomic E-state index is 12.3. The van der Waals surface area contributed by atoms with E-state index in [1.165, 1.54) is 6.26 Å². The number of rotatable bonds is 2. The minimum atomic E-state index is -0.102. The molecule has 0 bridgehead atoms. The number of aromatic nitrogens is 2. The summed E-state index contributed by atoms with van der Waals surface area (Å²) in [4.78, 5) is 25.1. The maximum absolute atomic E-state index is 12.3. The van der Waals surface area contributed by atoms with Crippen molar-refractivity contribution in [3.8, 4) is 0 Å². The molecular formula is C17H16ClN5O2. The van der Waals surface area contributed by atoms with Crippen LogP contribution in [0, 0.1) is 0 Å². The molecule has 25 heavy (non-hydrogen) atoms. The lowest BCUT2D eigenvalue weighted by Gasteiger charge is -2.34. The van der Waals surface area contributed by atoms with Crippen LogP contribution in [-0.4, -0.2) is 47.0 Å². The Labute approximate surface area is 149 Å². The lowest BCUT2D eigenvalue weighted by molar-refractivity contribution is 0.0714. The average Bonchev–Trinajstić information content (AvgIpc) is 3.15. The fourth-order valence-corrected chi connectivity index (χ4v) is 3.09. The molecule has 128 valence electrons. The molecule has 1 aliphatic rings. The van der Waals surface area contributed by atoms with Gasteiger partial charge in [0.05, 0.1) is 11.8 Å². The van der Waals surface area contributed by atoms with Gasteiger partial charge in [0.15, 0.2) is 5.76 Å². The molecule has 1 saturated heterocycles. The summed E-state index contributed by atoms with van der Waals surface area (Å²) in [5.74, 6) is 1.23.